The Balaban J connectivity index is 1.72. The van der Waals surface area contributed by atoms with Crippen molar-refractivity contribution >= 4 is 35.0 Å². The summed E-state index contributed by atoms with van der Waals surface area (Å²) >= 11 is 7.60. The van der Waals surface area contributed by atoms with Crippen molar-refractivity contribution in [1.82, 2.24) is 0 Å². The van der Waals surface area contributed by atoms with E-state index in [0.717, 1.165) is 34.0 Å². The number of hydrogen-bond acceptors (Lipinski definition) is 2. The zero-order valence-electron chi connectivity index (χ0n) is 12.9. The van der Waals surface area contributed by atoms with Gasteiger partial charge in [0.2, 0.25) is 5.91 Å². The molecule has 1 amide bonds. The van der Waals surface area contributed by atoms with Gasteiger partial charge >= 0.3 is 0 Å². The van der Waals surface area contributed by atoms with Crippen molar-refractivity contribution in [2.75, 3.05) is 11.1 Å². The van der Waals surface area contributed by atoms with E-state index in [4.69, 9.17) is 11.6 Å². The summed E-state index contributed by atoms with van der Waals surface area (Å²) < 4.78 is 0. The molecule has 22 heavy (non-hydrogen) atoms. The van der Waals surface area contributed by atoms with E-state index in [-0.39, 0.29) is 5.91 Å². The summed E-state index contributed by atoms with van der Waals surface area (Å²) in [6, 6.07) is 13.9. The average molecular weight is 334 g/mol. The van der Waals surface area contributed by atoms with E-state index in [2.05, 4.69) is 11.4 Å². The number of carbonyl (C=O) groups is 1. The molecule has 0 spiro atoms. The molecule has 0 aliphatic heterocycles. The molecule has 4 heteroatoms. The van der Waals surface area contributed by atoms with Crippen LogP contribution in [0.1, 0.15) is 24.0 Å². The first kappa shape index (κ1) is 16.9. The summed E-state index contributed by atoms with van der Waals surface area (Å²) in [4.78, 5) is 13.1. The van der Waals surface area contributed by atoms with Crippen molar-refractivity contribution in [2.45, 2.75) is 31.6 Å². The van der Waals surface area contributed by atoms with E-state index in [1.165, 1.54) is 4.90 Å². The van der Waals surface area contributed by atoms with E-state index in [9.17, 15) is 4.79 Å². The SMILES string of the molecule is Cc1cc(C)cc(NC(=O)CCCSc2ccc(Cl)cc2)c1. The van der Waals surface area contributed by atoms with Crippen LogP contribution in [0, 0.1) is 13.8 Å². The van der Waals surface area contributed by atoms with E-state index < -0.39 is 0 Å². The van der Waals surface area contributed by atoms with Crippen molar-refractivity contribution in [3.63, 3.8) is 0 Å². The highest BCUT2D eigenvalue weighted by Gasteiger charge is 2.04. The summed E-state index contributed by atoms with van der Waals surface area (Å²) in [5, 5.41) is 3.71. The fourth-order valence-electron chi connectivity index (χ4n) is 2.22. The maximum absolute atomic E-state index is 12.0. The van der Waals surface area contributed by atoms with Crippen molar-refractivity contribution in [3.8, 4) is 0 Å². The largest absolute Gasteiger partial charge is 0.326 e. The van der Waals surface area contributed by atoms with Crippen LogP contribution in [0.4, 0.5) is 5.69 Å². The Morgan fingerprint density at radius 1 is 1.09 bits per heavy atom. The molecule has 0 aliphatic rings. The standard InChI is InChI=1S/C18H20ClNOS/c1-13-10-14(2)12-16(11-13)20-18(21)4-3-9-22-17-7-5-15(19)6-8-17/h5-8,10-12H,3-4,9H2,1-2H3,(H,20,21). The fraction of sp³-hybridized carbons (Fsp3) is 0.278. The highest BCUT2D eigenvalue weighted by Crippen LogP contribution is 2.21. The molecule has 116 valence electrons. The predicted molar refractivity (Wildman–Crippen MR) is 96.0 cm³/mol. The Morgan fingerprint density at radius 2 is 1.73 bits per heavy atom. The van der Waals surface area contributed by atoms with Crippen molar-refractivity contribution in [3.05, 3.63) is 58.6 Å². The summed E-state index contributed by atoms with van der Waals surface area (Å²) in [7, 11) is 0. The van der Waals surface area contributed by atoms with Gasteiger partial charge in [0.05, 0.1) is 0 Å². The minimum Gasteiger partial charge on any atom is -0.326 e. The Bertz CT molecular complexity index is 620. The highest BCUT2D eigenvalue weighted by atomic mass is 35.5. The van der Waals surface area contributed by atoms with Crippen LogP contribution in [0.15, 0.2) is 47.4 Å². The third-order valence-corrected chi connectivity index (χ3v) is 4.49. The number of hydrogen-bond donors (Lipinski definition) is 1. The normalized spacial score (nSPS) is 10.5. The summed E-state index contributed by atoms with van der Waals surface area (Å²) in [5.74, 6) is 0.990. The smallest absolute Gasteiger partial charge is 0.224 e. The monoisotopic (exact) mass is 333 g/mol. The van der Waals surface area contributed by atoms with E-state index in [0.29, 0.717) is 6.42 Å². The van der Waals surface area contributed by atoms with Gasteiger partial charge in [-0.15, -0.1) is 11.8 Å². The molecule has 0 radical (unpaired) electrons. The lowest BCUT2D eigenvalue weighted by molar-refractivity contribution is -0.116. The van der Waals surface area contributed by atoms with Crippen molar-refractivity contribution < 1.29 is 4.79 Å². The molecule has 0 fully saturated rings. The molecular formula is C18H20ClNOS. The maximum atomic E-state index is 12.0. The molecule has 2 rings (SSSR count). The fourth-order valence-corrected chi connectivity index (χ4v) is 3.20. The number of benzene rings is 2. The van der Waals surface area contributed by atoms with Gasteiger partial charge in [-0.05, 0) is 73.5 Å². The van der Waals surface area contributed by atoms with Crippen molar-refractivity contribution in [1.29, 1.82) is 0 Å². The quantitative estimate of drug-likeness (QED) is 0.561. The molecule has 0 aromatic heterocycles. The molecule has 0 atom stereocenters. The van der Waals surface area contributed by atoms with Crippen molar-refractivity contribution in [2.24, 2.45) is 0 Å². The molecule has 0 saturated heterocycles. The van der Waals surface area contributed by atoms with Crippen LogP contribution < -0.4 is 5.32 Å². The number of nitrogens with one attached hydrogen (secondary N) is 1. The third kappa shape index (κ3) is 5.74. The van der Waals surface area contributed by atoms with Gasteiger partial charge in [0.1, 0.15) is 0 Å². The number of aryl methyl sites for hydroxylation is 2. The molecule has 1 N–H and O–H groups in total. The Labute approximate surface area is 141 Å². The second-order valence-corrected chi connectivity index (χ2v) is 6.94. The Morgan fingerprint density at radius 3 is 2.36 bits per heavy atom. The van der Waals surface area contributed by atoms with Gasteiger partial charge < -0.3 is 5.32 Å². The number of amides is 1. The number of thioether (sulfide) groups is 1. The van der Waals surface area contributed by atoms with Gasteiger partial charge in [0, 0.05) is 22.0 Å². The van der Waals surface area contributed by atoms with Crippen LogP contribution in [-0.4, -0.2) is 11.7 Å². The minimum atomic E-state index is 0.0710. The number of halogens is 1. The predicted octanol–water partition coefficient (Wildman–Crippen LogP) is 5.47. The lowest BCUT2D eigenvalue weighted by atomic mass is 10.1. The molecule has 0 aliphatic carbocycles. The number of rotatable bonds is 6. The molecule has 2 nitrogen and oxygen atoms in total. The van der Waals surface area contributed by atoms with Crippen LogP contribution >= 0.6 is 23.4 Å². The lowest BCUT2D eigenvalue weighted by Crippen LogP contribution is -2.11. The number of carbonyl (C=O) groups excluding carboxylic acids is 1. The van der Waals surface area contributed by atoms with Crippen LogP contribution in [-0.2, 0) is 4.79 Å². The van der Waals surface area contributed by atoms with Crippen LogP contribution in [0.5, 0.6) is 0 Å². The summed E-state index contributed by atoms with van der Waals surface area (Å²) in [5.41, 5.74) is 3.20. The van der Waals surface area contributed by atoms with Gasteiger partial charge in [0.15, 0.2) is 0 Å². The third-order valence-electron chi connectivity index (χ3n) is 3.14. The summed E-state index contributed by atoms with van der Waals surface area (Å²) in [6.45, 7) is 4.07. The first-order valence-corrected chi connectivity index (χ1v) is 8.66. The second-order valence-electron chi connectivity index (χ2n) is 5.33. The molecular weight excluding hydrogens is 314 g/mol. The molecule has 2 aromatic carbocycles. The molecule has 0 heterocycles. The molecule has 0 unspecified atom stereocenters. The lowest BCUT2D eigenvalue weighted by Gasteiger charge is -2.07. The zero-order valence-corrected chi connectivity index (χ0v) is 14.4. The van der Waals surface area contributed by atoms with E-state index in [1.54, 1.807) is 11.8 Å². The van der Waals surface area contributed by atoms with E-state index in [1.807, 2.05) is 50.2 Å². The highest BCUT2D eigenvalue weighted by molar-refractivity contribution is 7.99. The van der Waals surface area contributed by atoms with Gasteiger partial charge in [-0.2, -0.15) is 0 Å². The van der Waals surface area contributed by atoms with Gasteiger partial charge in [-0.1, -0.05) is 17.7 Å². The van der Waals surface area contributed by atoms with Crippen LogP contribution in [0.2, 0.25) is 5.02 Å². The van der Waals surface area contributed by atoms with Crippen LogP contribution in [0.25, 0.3) is 0 Å². The van der Waals surface area contributed by atoms with Gasteiger partial charge in [0.25, 0.3) is 0 Å². The first-order valence-electron chi connectivity index (χ1n) is 7.29. The van der Waals surface area contributed by atoms with Gasteiger partial charge in [-0.25, -0.2) is 0 Å². The van der Waals surface area contributed by atoms with Crippen LogP contribution in [0.3, 0.4) is 0 Å². The Kier molecular flexibility index (Phi) is 6.34. The topological polar surface area (TPSA) is 29.1 Å². The second kappa shape index (κ2) is 8.25. The summed E-state index contributed by atoms with van der Waals surface area (Å²) in [6.07, 6.45) is 1.39. The molecule has 0 saturated carbocycles. The average Bonchev–Trinajstić information content (AvgIpc) is 2.44. The Hall–Kier alpha value is -1.45. The number of anilines is 1. The zero-order chi connectivity index (χ0) is 15.9. The first-order chi connectivity index (χ1) is 10.5. The maximum Gasteiger partial charge on any atom is 0.224 e. The van der Waals surface area contributed by atoms with Gasteiger partial charge in [-0.3, -0.25) is 4.79 Å². The molecule has 0 bridgehead atoms. The minimum absolute atomic E-state index is 0.0710. The van der Waals surface area contributed by atoms with E-state index >= 15 is 0 Å². The molecule has 2 aromatic rings.